The first-order chi connectivity index (χ1) is 12.1. The Morgan fingerprint density at radius 1 is 1.20 bits per heavy atom. The smallest absolute Gasteiger partial charge is 0.335 e. The molecule has 2 atom stereocenters. The van der Waals surface area contributed by atoms with Crippen molar-refractivity contribution in [2.75, 3.05) is 5.32 Å². The van der Waals surface area contributed by atoms with E-state index in [1.807, 2.05) is 6.07 Å². The van der Waals surface area contributed by atoms with Gasteiger partial charge in [0.05, 0.1) is 11.1 Å². The van der Waals surface area contributed by atoms with Gasteiger partial charge in [0.25, 0.3) is 0 Å². The summed E-state index contributed by atoms with van der Waals surface area (Å²) >= 11 is 6.31. The van der Waals surface area contributed by atoms with E-state index in [1.165, 1.54) is 0 Å². The highest BCUT2D eigenvalue weighted by molar-refractivity contribution is 6.20. The van der Waals surface area contributed by atoms with Crippen molar-refractivity contribution >= 4 is 45.1 Å². The highest BCUT2D eigenvalue weighted by Gasteiger charge is 2.21. The van der Waals surface area contributed by atoms with Crippen LogP contribution in [0.5, 0.6) is 0 Å². The second-order valence-corrected chi connectivity index (χ2v) is 7.14. The Morgan fingerprint density at radius 2 is 2.08 bits per heavy atom. The van der Waals surface area contributed by atoms with Crippen LogP contribution in [0.1, 0.15) is 36.0 Å². The van der Waals surface area contributed by atoms with E-state index in [1.54, 1.807) is 30.6 Å². The fraction of sp³-hybridized carbons (Fsp3) is 0.316. The minimum Gasteiger partial charge on any atom is -0.478 e. The molecule has 1 saturated carbocycles. The number of nitrogens with one attached hydrogen (secondary N) is 1. The molecule has 2 N–H and O–H groups in total. The molecule has 0 saturated heterocycles. The summed E-state index contributed by atoms with van der Waals surface area (Å²) in [5.74, 6) is -0.190. The topological polar surface area (TPSA) is 75.1 Å². The average molecular weight is 356 g/mol. The number of nitrogens with zero attached hydrogens (tertiary/aromatic N) is 2. The maximum atomic E-state index is 11.3. The number of fused-ring (bicyclic) bond motifs is 3. The maximum Gasteiger partial charge on any atom is 0.335 e. The minimum absolute atomic E-state index is 0.193. The first-order valence-corrected chi connectivity index (χ1v) is 8.87. The Hall–Kier alpha value is -2.40. The monoisotopic (exact) mass is 355 g/mol. The molecule has 0 spiro atoms. The van der Waals surface area contributed by atoms with Gasteiger partial charge < -0.3 is 10.4 Å². The lowest BCUT2D eigenvalue weighted by molar-refractivity contribution is 0.0697. The Bertz CT molecular complexity index is 960. The number of aromatic carboxylic acids is 1. The summed E-state index contributed by atoms with van der Waals surface area (Å²) in [6, 6.07) is 7.23. The van der Waals surface area contributed by atoms with Gasteiger partial charge in [-0.3, -0.25) is 4.98 Å². The first kappa shape index (κ1) is 16.1. The fourth-order valence-corrected chi connectivity index (χ4v) is 3.92. The number of pyridine rings is 2. The van der Waals surface area contributed by atoms with Crippen LogP contribution >= 0.6 is 11.6 Å². The Kier molecular flexibility index (Phi) is 4.17. The van der Waals surface area contributed by atoms with Gasteiger partial charge in [-0.1, -0.05) is 6.07 Å². The SMILES string of the molecule is O=C(O)c1ccc2c(c1)nc(NC1CCCC(Cl)C1)c1ccncc12. The predicted octanol–water partition coefficient (Wildman–Crippen LogP) is 4.44. The number of rotatable bonds is 3. The Balaban J connectivity index is 1.84. The zero-order chi connectivity index (χ0) is 17.4. The van der Waals surface area contributed by atoms with Crippen LogP contribution in [-0.2, 0) is 0 Å². The molecular formula is C19H18ClN3O2. The average Bonchev–Trinajstić information content (AvgIpc) is 2.61. The number of carboxylic acids is 1. The van der Waals surface area contributed by atoms with Crippen molar-refractivity contribution in [2.45, 2.75) is 37.1 Å². The summed E-state index contributed by atoms with van der Waals surface area (Å²) < 4.78 is 0. The molecule has 3 aromatic rings. The van der Waals surface area contributed by atoms with Crippen molar-refractivity contribution in [3.8, 4) is 0 Å². The van der Waals surface area contributed by atoms with Crippen LogP contribution in [0.4, 0.5) is 5.82 Å². The molecule has 2 unspecified atom stereocenters. The van der Waals surface area contributed by atoms with Gasteiger partial charge in [0.1, 0.15) is 5.82 Å². The second-order valence-electron chi connectivity index (χ2n) is 6.52. The van der Waals surface area contributed by atoms with Gasteiger partial charge in [-0.05, 0) is 43.9 Å². The van der Waals surface area contributed by atoms with Crippen molar-refractivity contribution in [3.63, 3.8) is 0 Å². The van der Waals surface area contributed by atoms with Gasteiger partial charge in [0, 0.05) is 40.0 Å². The molecule has 0 radical (unpaired) electrons. The minimum atomic E-state index is -0.957. The van der Waals surface area contributed by atoms with Gasteiger partial charge in [0.2, 0.25) is 0 Å². The summed E-state index contributed by atoms with van der Waals surface area (Å²) in [5, 5.41) is 15.8. The maximum absolute atomic E-state index is 11.3. The molecule has 1 fully saturated rings. The summed E-state index contributed by atoms with van der Waals surface area (Å²) in [7, 11) is 0. The number of carbonyl (C=O) groups is 1. The van der Waals surface area contributed by atoms with Crippen molar-refractivity contribution in [2.24, 2.45) is 0 Å². The molecule has 2 aromatic heterocycles. The normalized spacial score (nSPS) is 20.7. The number of aromatic nitrogens is 2. The second kappa shape index (κ2) is 6.48. The highest BCUT2D eigenvalue weighted by Crippen LogP contribution is 2.32. The van der Waals surface area contributed by atoms with E-state index >= 15 is 0 Å². The summed E-state index contributed by atoms with van der Waals surface area (Å²) in [6.45, 7) is 0. The molecule has 0 amide bonds. The molecular weight excluding hydrogens is 338 g/mol. The lowest BCUT2D eigenvalue weighted by atomic mass is 9.95. The molecule has 0 aliphatic heterocycles. The fourth-order valence-electron chi connectivity index (χ4n) is 3.55. The van der Waals surface area contributed by atoms with Crippen LogP contribution in [0.2, 0.25) is 0 Å². The molecule has 2 heterocycles. The van der Waals surface area contributed by atoms with Crippen molar-refractivity contribution in [1.82, 2.24) is 9.97 Å². The van der Waals surface area contributed by atoms with Crippen LogP contribution in [0.3, 0.4) is 0 Å². The molecule has 25 heavy (non-hydrogen) atoms. The lowest BCUT2D eigenvalue weighted by Crippen LogP contribution is -2.28. The number of hydrogen-bond acceptors (Lipinski definition) is 4. The van der Waals surface area contributed by atoms with E-state index in [2.05, 4.69) is 10.3 Å². The van der Waals surface area contributed by atoms with Crippen LogP contribution in [0, 0.1) is 0 Å². The number of anilines is 1. The van der Waals surface area contributed by atoms with Crippen LogP contribution in [0.15, 0.2) is 36.7 Å². The number of halogens is 1. The summed E-state index contributed by atoms with van der Waals surface area (Å²) in [6.07, 6.45) is 7.67. The molecule has 128 valence electrons. The largest absolute Gasteiger partial charge is 0.478 e. The van der Waals surface area contributed by atoms with Gasteiger partial charge in [0.15, 0.2) is 0 Å². The van der Waals surface area contributed by atoms with Crippen molar-refractivity contribution in [3.05, 3.63) is 42.2 Å². The van der Waals surface area contributed by atoms with Gasteiger partial charge >= 0.3 is 5.97 Å². The summed E-state index contributed by atoms with van der Waals surface area (Å²) in [4.78, 5) is 20.2. The van der Waals surface area contributed by atoms with Crippen molar-refractivity contribution in [1.29, 1.82) is 0 Å². The van der Waals surface area contributed by atoms with Crippen LogP contribution in [0.25, 0.3) is 21.7 Å². The molecule has 5 nitrogen and oxygen atoms in total. The quantitative estimate of drug-likeness (QED) is 0.536. The third-order valence-corrected chi connectivity index (χ3v) is 5.19. The molecule has 1 aliphatic rings. The van der Waals surface area contributed by atoms with Gasteiger partial charge in [-0.25, -0.2) is 9.78 Å². The number of benzene rings is 1. The number of hydrogen-bond donors (Lipinski definition) is 2. The predicted molar refractivity (Wildman–Crippen MR) is 99.5 cm³/mol. The third-order valence-electron chi connectivity index (χ3n) is 4.79. The number of carboxylic acid groups (broad SMARTS) is 1. The Labute approximate surface area is 150 Å². The van der Waals surface area contributed by atoms with E-state index in [0.29, 0.717) is 5.52 Å². The van der Waals surface area contributed by atoms with Crippen molar-refractivity contribution < 1.29 is 9.90 Å². The highest BCUT2D eigenvalue weighted by atomic mass is 35.5. The van der Waals surface area contributed by atoms with E-state index < -0.39 is 5.97 Å². The number of alkyl halides is 1. The zero-order valence-electron chi connectivity index (χ0n) is 13.6. The molecule has 0 bridgehead atoms. The van der Waals surface area contributed by atoms with Gasteiger partial charge in [-0.15, -0.1) is 11.6 Å². The zero-order valence-corrected chi connectivity index (χ0v) is 14.3. The molecule has 1 aromatic carbocycles. The Morgan fingerprint density at radius 3 is 2.88 bits per heavy atom. The van der Waals surface area contributed by atoms with E-state index in [9.17, 15) is 9.90 Å². The lowest BCUT2D eigenvalue weighted by Gasteiger charge is -2.27. The van der Waals surface area contributed by atoms with E-state index in [0.717, 1.165) is 47.7 Å². The first-order valence-electron chi connectivity index (χ1n) is 8.43. The molecule has 6 heteroatoms. The van der Waals surface area contributed by atoms with E-state index in [4.69, 9.17) is 16.6 Å². The van der Waals surface area contributed by atoms with Crippen LogP contribution < -0.4 is 5.32 Å². The van der Waals surface area contributed by atoms with E-state index in [-0.39, 0.29) is 17.0 Å². The van der Waals surface area contributed by atoms with Crippen LogP contribution in [-0.4, -0.2) is 32.5 Å². The van der Waals surface area contributed by atoms with Gasteiger partial charge in [-0.2, -0.15) is 0 Å². The molecule has 4 rings (SSSR count). The third kappa shape index (κ3) is 3.12. The standard InChI is InChI=1S/C19H18ClN3O2/c20-12-2-1-3-13(9-12)22-18-15-6-7-21-10-16(15)14-5-4-11(19(24)25)8-17(14)23-18/h4-8,10,12-13H,1-3,9H2,(H,22,23)(H,24,25). The molecule has 1 aliphatic carbocycles. The summed E-state index contributed by atoms with van der Waals surface area (Å²) in [5.41, 5.74) is 0.883.